The molecule has 0 unspecified atom stereocenters. The first-order chi connectivity index (χ1) is 9.02. The van der Waals surface area contributed by atoms with E-state index in [2.05, 4.69) is 0 Å². The molecule has 0 aromatic rings. The SMILES string of the molecule is CC#N.Cl.Cl.O[C@@H]1CCCC[C@H]1O.O[C@@H]1CCCC[C@H]1O.[TeH2]. The first-order valence-corrected chi connectivity index (χ1v) is 7.06. The molecule has 0 amide bonds. The number of hydrogen-bond acceptors (Lipinski definition) is 5. The van der Waals surface area contributed by atoms with E-state index in [-0.39, 0.29) is 48.5 Å². The number of hydrogen-bond donors (Lipinski definition) is 4. The van der Waals surface area contributed by atoms with Crippen LogP contribution in [0.2, 0.25) is 0 Å². The summed E-state index contributed by atoms with van der Waals surface area (Å²) >= 11 is 0. The van der Waals surface area contributed by atoms with Gasteiger partial charge in [-0.2, -0.15) is 5.26 Å². The first-order valence-electron chi connectivity index (χ1n) is 7.06. The Balaban J connectivity index is -0.000000112. The molecule has 2 aliphatic rings. The zero-order chi connectivity index (χ0) is 14.7. The minimum absolute atomic E-state index is 0. The normalized spacial score (nSPS) is 29.3. The van der Waals surface area contributed by atoms with E-state index < -0.39 is 24.4 Å². The molecule has 4 atom stereocenters. The van der Waals surface area contributed by atoms with Gasteiger partial charge in [0.1, 0.15) is 0 Å². The Morgan fingerprint density at radius 2 is 0.818 bits per heavy atom. The summed E-state index contributed by atoms with van der Waals surface area (Å²) in [4.78, 5) is 0. The van der Waals surface area contributed by atoms with Crippen LogP contribution in [-0.2, 0) is 0 Å². The molecule has 0 aliphatic heterocycles. The molecular weight excluding hydrogens is 445 g/mol. The molecule has 8 heteroatoms. The van der Waals surface area contributed by atoms with Crippen molar-refractivity contribution in [1.82, 2.24) is 0 Å². The second-order valence-electron chi connectivity index (χ2n) is 5.06. The maximum absolute atomic E-state index is 8.93. The third-order valence-electron chi connectivity index (χ3n) is 3.39. The summed E-state index contributed by atoms with van der Waals surface area (Å²) in [7, 11) is 0. The molecule has 0 heterocycles. The number of nitriles is 1. The summed E-state index contributed by atoms with van der Waals surface area (Å²) in [5.74, 6) is 0. The summed E-state index contributed by atoms with van der Waals surface area (Å²) in [6.45, 7) is 1.43. The van der Waals surface area contributed by atoms with Crippen LogP contribution in [0.1, 0.15) is 58.3 Å². The van der Waals surface area contributed by atoms with Gasteiger partial charge < -0.3 is 20.4 Å². The average Bonchev–Trinajstić information content (AvgIpc) is 2.38. The van der Waals surface area contributed by atoms with Crippen molar-refractivity contribution in [2.45, 2.75) is 82.7 Å². The molecule has 5 nitrogen and oxygen atoms in total. The Labute approximate surface area is 162 Å². The zero-order valence-electron chi connectivity index (χ0n) is 13.0. The average molecular weight is 476 g/mol. The van der Waals surface area contributed by atoms with Crippen LogP contribution < -0.4 is 0 Å². The fraction of sp³-hybridized carbons (Fsp3) is 0.929. The van der Waals surface area contributed by atoms with Gasteiger partial charge in [-0.15, -0.1) is 24.8 Å². The Morgan fingerprint density at radius 1 is 0.682 bits per heavy atom. The number of rotatable bonds is 0. The van der Waals surface area contributed by atoms with Gasteiger partial charge in [-0.3, -0.25) is 0 Å². The minimum atomic E-state index is -0.441. The molecule has 0 aromatic carbocycles. The van der Waals surface area contributed by atoms with E-state index in [4.69, 9.17) is 25.7 Å². The van der Waals surface area contributed by atoms with Crippen LogP contribution in [0.25, 0.3) is 0 Å². The molecule has 4 N–H and O–H groups in total. The maximum atomic E-state index is 8.93. The van der Waals surface area contributed by atoms with Gasteiger partial charge in [0.2, 0.25) is 0 Å². The quantitative estimate of drug-likeness (QED) is 0.392. The van der Waals surface area contributed by atoms with E-state index in [1.54, 1.807) is 6.07 Å². The van der Waals surface area contributed by atoms with E-state index >= 15 is 0 Å². The van der Waals surface area contributed by atoms with E-state index in [0.29, 0.717) is 0 Å². The Morgan fingerprint density at radius 3 is 0.909 bits per heavy atom. The van der Waals surface area contributed by atoms with Crippen molar-refractivity contribution in [3.63, 3.8) is 0 Å². The predicted molar refractivity (Wildman–Crippen MR) is 95.3 cm³/mol. The molecule has 0 saturated heterocycles. The predicted octanol–water partition coefficient (Wildman–Crippen LogP) is 1.02. The van der Waals surface area contributed by atoms with Gasteiger partial charge in [0.15, 0.2) is 0 Å². The summed E-state index contributed by atoms with van der Waals surface area (Å²) in [6.07, 6.45) is 5.62. The first kappa shape index (κ1) is 30.6. The molecule has 2 aliphatic carbocycles. The third-order valence-corrected chi connectivity index (χ3v) is 3.39. The van der Waals surface area contributed by atoms with Crippen molar-refractivity contribution >= 4 is 48.5 Å². The number of halogens is 2. The molecule has 136 valence electrons. The van der Waals surface area contributed by atoms with Gasteiger partial charge in [-0.05, 0) is 25.7 Å². The molecule has 2 saturated carbocycles. The molecule has 22 heavy (non-hydrogen) atoms. The molecule has 0 bridgehead atoms. The van der Waals surface area contributed by atoms with Crippen molar-refractivity contribution in [3.05, 3.63) is 0 Å². The van der Waals surface area contributed by atoms with Gasteiger partial charge >= 0.3 is 23.7 Å². The Kier molecular flexibility index (Phi) is 27.4. The number of aliphatic hydroxyl groups excluding tert-OH is 4. The van der Waals surface area contributed by atoms with Crippen LogP contribution in [0.4, 0.5) is 0 Å². The van der Waals surface area contributed by atoms with Gasteiger partial charge in [0.05, 0.1) is 30.5 Å². The van der Waals surface area contributed by atoms with E-state index in [1.165, 1.54) is 6.92 Å². The zero-order valence-corrected chi connectivity index (χ0v) is 17.5. The topological polar surface area (TPSA) is 105 Å². The van der Waals surface area contributed by atoms with Crippen LogP contribution in [-0.4, -0.2) is 68.5 Å². The van der Waals surface area contributed by atoms with Crippen molar-refractivity contribution in [1.29, 1.82) is 5.26 Å². The van der Waals surface area contributed by atoms with Crippen molar-refractivity contribution < 1.29 is 20.4 Å². The third kappa shape index (κ3) is 15.6. The second-order valence-corrected chi connectivity index (χ2v) is 5.06. The fourth-order valence-electron chi connectivity index (χ4n) is 2.18. The fourth-order valence-corrected chi connectivity index (χ4v) is 2.18. The summed E-state index contributed by atoms with van der Waals surface area (Å²) in [6, 6.07) is 1.75. The van der Waals surface area contributed by atoms with Crippen LogP contribution >= 0.6 is 24.8 Å². The van der Waals surface area contributed by atoms with E-state index in [9.17, 15) is 0 Å². The van der Waals surface area contributed by atoms with Crippen LogP contribution in [0.15, 0.2) is 0 Å². The molecule has 0 aromatic heterocycles. The van der Waals surface area contributed by atoms with Crippen LogP contribution in [0.3, 0.4) is 0 Å². The van der Waals surface area contributed by atoms with Gasteiger partial charge in [0.25, 0.3) is 0 Å². The van der Waals surface area contributed by atoms with Gasteiger partial charge in [-0.1, -0.05) is 25.7 Å². The number of aliphatic hydroxyl groups is 4. The van der Waals surface area contributed by atoms with Crippen LogP contribution in [0, 0.1) is 11.3 Å². The summed E-state index contributed by atoms with van der Waals surface area (Å²) in [5.41, 5.74) is 0. The monoisotopic (exact) mass is 477 g/mol. The molecular formula is C14H31Cl2NO4Te. The molecule has 2 fully saturated rings. The standard InChI is InChI=1S/2C6H12O2.C2H3N.2ClH.H2Te/c2*7-5-3-1-2-4-6(5)8;1-2-3;;;/h2*5-8H,1-4H2;1H3;2*1H;1H2/t2*5-,6-;;;;/m11..../s1. The van der Waals surface area contributed by atoms with E-state index in [1.807, 2.05) is 0 Å². The summed E-state index contributed by atoms with van der Waals surface area (Å²) in [5, 5.41) is 43.0. The number of nitrogens with zero attached hydrogens (tertiary/aromatic N) is 1. The van der Waals surface area contributed by atoms with Gasteiger partial charge in [-0.25, -0.2) is 0 Å². The van der Waals surface area contributed by atoms with E-state index in [0.717, 1.165) is 51.4 Å². The van der Waals surface area contributed by atoms with Crippen molar-refractivity contribution in [2.75, 3.05) is 0 Å². The van der Waals surface area contributed by atoms with Gasteiger partial charge in [0, 0.05) is 6.92 Å². The van der Waals surface area contributed by atoms with Crippen molar-refractivity contribution in [2.24, 2.45) is 0 Å². The van der Waals surface area contributed by atoms with Crippen molar-refractivity contribution in [3.8, 4) is 6.07 Å². The molecule has 2 rings (SSSR count). The Bertz CT molecular complexity index is 230. The molecule has 0 spiro atoms. The Hall–Kier alpha value is 0.700. The van der Waals surface area contributed by atoms with Crippen LogP contribution in [0.5, 0.6) is 0 Å². The molecule has 0 radical (unpaired) electrons. The summed E-state index contributed by atoms with van der Waals surface area (Å²) < 4.78 is 0. The second kappa shape index (κ2) is 19.7.